The first-order valence-corrected chi connectivity index (χ1v) is 12.0. The number of nitrogens with zero attached hydrogens (tertiary/aromatic N) is 3. The van der Waals surface area contributed by atoms with Crippen molar-refractivity contribution in [3.63, 3.8) is 0 Å². The minimum absolute atomic E-state index is 0.120. The largest absolute Gasteiger partial charge is 0.494 e. The minimum Gasteiger partial charge on any atom is -0.494 e. The third kappa shape index (κ3) is 4.64. The highest BCUT2D eigenvalue weighted by Gasteiger charge is 2.48. The van der Waals surface area contributed by atoms with Crippen molar-refractivity contribution in [3.8, 4) is 17.0 Å². The van der Waals surface area contributed by atoms with Crippen LogP contribution in [0, 0.1) is 12.7 Å². The van der Waals surface area contributed by atoms with Crippen LogP contribution in [-0.4, -0.2) is 40.3 Å². The number of amides is 1. The Kier molecular flexibility index (Phi) is 6.24. The Morgan fingerprint density at radius 2 is 1.95 bits per heavy atom. The molecule has 0 spiro atoms. The SMILES string of the molecule is COc1ccc(C2(c3cc(NCCC(F)(F)F)c4ncc(-c5ccc(C(N)=O)c(C)c5)n4n3)CC2)cc1F. The second-order valence-corrected chi connectivity index (χ2v) is 9.44. The molecule has 11 heteroatoms. The summed E-state index contributed by atoms with van der Waals surface area (Å²) in [6, 6.07) is 11.5. The normalized spacial score (nSPS) is 14.5. The van der Waals surface area contributed by atoms with Crippen LogP contribution in [0.25, 0.3) is 16.9 Å². The molecule has 2 heterocycles. The lowest BCUT2D eigenvalue weighted by molar-refractivity contribution is -0.131. The second-order valence-electron chi connectivity index (χ2n) is 9.44. The molecule has 0 atom stereocenters. The summed E-state index contributed by atoms with van der Waals surface area (Å²) in [5.41, 5.74) is 9.17. The van der Waals surface area contributed by atoms with E-state index in [-0.39, 0.29) is 12.3 Å². The van der Waals surface area contributed by atoms with Gasteiger partial charge in [-0.3, -0.25) is 4.79 Å². The molecule has 2 aromatic heterocycles. The van der Waals surface area contributed by atoms with E-state index in [1.54, 1.807) is 54.0 Å². The Balaban J connectivity index is 1.63. The zero-order valence-electron chi connectivity index (χ0n) is 20.7. The first kappa shape index (κ1) is 25.5. The Bertz CT molecular complexity index is 1540. The van der Waals surface area contributed by atoms with E-state index in [4.69, 9.17) is 15.6 Å². The summed E-state index contributed by atoms with van der Waals surface area (Å²) < 4.78 is 59.8. The van der Waals surface area contributed by atoms with Crippen molar-refractivity contribution in [3.05, 3.63) is 76.9 Å². The van der Waals surface area contributed by atoms with Crippen molar-refractivity contribution >= 4 is 17.2 Å². The number of nitrogens with two attached hydrogens (primary N) is 1. The number of aryl methyl sites for hydroxylation is 1. The number of halogens is 4. The standard InChI is InChI=1S/C27H25F4N5O2/c1-15-11-16(3-5-18(15)24(32)37)21-14-34-25-20(33-10-9-27(29,30)31)13-23(35-36(21)25)26(7-8-26)17-4-6-22(38-2)19(28)12-17/h3-6,11-14,33H,7-10H2,1-2H3,(H2,32,37). The van der Waals surface area contributed by atoms with Gasteiger partial charge in [0, 0.05) is 23.1 Å². The van der Waals surface area contributed by atoms with Crippen LogP contribution in [0.1, 0.15) is 46.4 Å². The molecule has 5 rings (SSSR count). The molecular weight excluding hydrogens is 502 g/mol. The van der Waals surface area contributed by atoms with Crippen molar-refractivity contribution in [1.82, 2.24) is 14.6 Å². The van der Waals surface area contributed by atoms with Crippen LogP contribution < -0.4 is 15.8 Å². The topological polar surface area (TPSA) is 94.5 Å². The molecule has 0 saturated heterocycles. The van der Waals surface area contributed by atoms with Crippen LogP contribution in [0.5, 0.6) is 5.75 Å². The Morgan fingerprint density at radius 1 is 1.18 bits per heavy atom. The number of rotatable bonds is 8. The first-order chi connectivity index (χ1) is 18.0. The van der Waals surface area contributed by atoms with Crippen molar-refractivity contribution < 1.29 is 27.1 Å². The summed E-state index contributed by atoms with van der Waals surface area (Å²) in [4.78, 5) is 16.1. The fourth-order valence-corrected chi connectivity index (χ4v) is 4.75. The Hall–Kier alpha value is -4.15. The third-order valence-corrected chi connectivity index (χ3v) is 6.92. The summed E-state index contributed by atoms with van der Waals surface area (Å²) in [6.45, 7) is 1.41. The van der Waals surface area contributed by atoms with Crippen LogP contribution in [0.15, 0.2) is 48.7 Å². The molecule has 2 aromatic carbocycles. The van der Waals surface area contributed by atoms with Crippen LogP contribution >= 0.6 is 0 Å². The molecule has 0 radical (unpaired) electrons. The quantitative estimate of drug-likeness (QED) is 0.300. The van der Waals surface area contributed by atoms with Gasteiger partial charge in [0.05, 0.1) is 36.8 Å². The van der Waals surface area contributed by atoms with E-state index in [2.05, 4.69) is 10.3 Å². The molecule has 38 heavy (non-hydrogen) atoms. The number of benzene rings is 2. The van der Waals surface area contributed by atoms with E-state index in [1.165, 1.54) is 13.2 Å². The molecule has 1 aliphatic rings. The van der Waals surface area contributed by atoms with Gasteiger partial charge in [-0.15, -0.1) is 0 Å². The van der Waals surface area contributed by atoms with Crippen molar-refractivity contribution in [1.29, 1.82) is 0 Å². The van der Waals surface area contributed by atoms with E-state index < -0.39 is 29.7 Å². The molecule has 7 nitrogen and oxygen atoms in total. The number of anilines is 1. The van der Waals surface area contributed by atoms with Gasteiger partial charge >= 0.3 is 6.18 Å². The van der Waals surface area contributed by atoms with Crippen molar-refractivity contribution in [2.45, 2.75) is 37.8 Å². The van der Waals surface area contributed by atoms with Gasteiger partial charge in [-0.05, 0) is 61.2 Å². The molecular formula is C27H25F4N5O2. The number of nitrogens with one attached hydrogen (secondary N) is 1. The number of alkyl halides is 3. The summed E-state index contributed by atoms with van der Waals surface area (Å²) >= 11 is 0. The van der Waals surface area contributed by atoms with Gasteiger partial charge < -0.3 is 15.8 Å². The number of fused-ring (bicyclic) bond motifs is 1. The number of carbonyl (C=O) groups is 1. The number of hydrogen-bond donors (Lipinski definition) is 2. The molecule has 0 unspecified atom stereocenters. The zero-order valence-corrected chi connectivity index (χ0v) is 20.7. The number of primary amides is 1. The van der Waals surface area contributed by atoms with Gasteiger partial charge in [0.15, 0.2) is 17.2 Å². The van der Waals surface area contributed by atoms with Crippen molar-refractivity contribution in [2.75, 3.05) is 19.0 Å². The van der Waals surface area contributed by atoms with E-state index >= 15 is 0 Å². The molecule has 1 saturated carbocycles. The van der Waals surface area contributed by atoms with Crippen LogP contribution in [-0.2, 0) is 5.41 Å². The lowest BCUT2D eigenvalue weighted by Crippen LogP contribution is -2.18. The predicted octanol–water partition coefficient (Wildman–Crippen LogP) is 5.40. The average molecular weight is 528 g/mol. The van der Waals surface area contributed by atoms with Gasteiger partial charge in [-0.25, -0.2) is 13.9 Å². The Morgan fingerprint density at radius 3 is 2.55 bits per heavy atom. The maximum atomic E-state index is 14.6. The van der Waals surface area contributed by atoms with Gasteiger partial charge in [-0.1, -0.05) is 12.1 Å². The highest BCUT2D eigenvalue weighted by atomic mass is 19.4. The smallest absolute Gasteiger partial charge is 0.390 e. The first-order valence-electron chi connectivity index (χ1n) is 12.0. The maximum absolute atomic E-state index is 14.6. The highest BCUT2D eigenvalue weighted by molar-refractivity contribution is 5.95. The molecule has 0 aliphatic heterocycles. The monoisotopic (exact) mass is 527 g/mol. The highest BCUT2D eigenvalue weighted by Crippen LogP contribution is 2.53. The molecule has 1 aliphatic carbocycles. The lowest BCUT2D eigenvalue weighted by atomic mass is 9.91. The number of ether oxygens (including phenoxy) is 1. The van der Waals surface area contributed by atoms with E-state index in [9.17, 15) is 22.4 Å². The average Bonchev–Trinajstić information content (AvgIpc) is 3.55. The van der Waals surface area contributed by atoms with Gasteiger partial charge in [0.2, 0.25) is 5.91 Å². The summed E-state index contributed by atoms with van der Waals surface area (Å²) in [5, 5.41) is 7.71. The zero-order chi connectivity index (χ0) is 27.2. The summed E-state index contributed by atoms with van der Waals surface area (Å²) in [5.74, 6) is -0.936. The number of hydrogen-bond acceptors (Lipinski definition) is 5. The Labute approximate surface area is 215 Å². The predicted molar refractivity (Wildman–Crippen MR) is 134 cm³/mol. The molecule has 1 fully saturated rings. The fraction of sp³-hybridized carbons (Fsp3) is 0.296. The molecule has 4 aromatic rings. The summed E-state index contributed by atoms with van der Waals surface area (Å²) in [6.07, 6.45) is -2.39. The van der Waals surface area contributed by atoms with Gasteiger partial charge in [-0.2, -0.15) is 18.3 Å². The van der Waals surface area contributed by atoms with Crippen molar-refractivity contribution in [2.24, 2.45) is 5.73 Å². The maximum Gasteiger partial charge on any atom is 0.390 e. The van der Waals surface area contributed by atoms with Crippen LogP contribution in [0.2, 0.25) is 0 Å². The lowest BCUT2D eigenvalue weighted by Gasteiger charge is -2.19. The number of methoxy groups -OCH3 is 1. The van der Waals surface area contributed by atoms with Gasteiger partial charge in [0.1, 0.15) is 0 Å². The summed E-state index contributed by atoms with van der Waals surface area (Å²) in [7, 11) is 1.39. The molecule has 0 bridgehead atoms. The van der Waals surface area contributed by atoms with E-state index in [0.717, 1.165) is 0 Å². The number of aromatic nitrogens is 3. The van der Waals surface area contributed by atoms with Crippen LogP contribution in [0.4, 0.5) is 23.2 Å². The molecule has 1 amide bonds. The van der Waals surface area contributed by atoms with Gasteiger partial charge in [0.25, 0.3) is 0 Å². The fourth-order valence-electron chi connectivity index (χ4n) is 4.75. The minimum atomic E-state index is -4.32. The van der Waals surface area contributed by atoms with E-state index in [0.29, 0.717) is 57.8 Å². The molecule has 3 N–H and O–H groups in total. The van der Waals surface area contributed by atoms with Crippen LogP contribution in [0.3, 0.4) is 0 Å². The number of imidazole rings is 1. The van der Waals surface area contributed by atoms with E-state index in [1.807, 2.05) is 0 Å². The second kappa shape index (κ2) is 9.30. The molecule has 198 valence electrons. The third-order valence-electron chi connectivity index (χ3n) is 6.92. The number of carbonyl (C=O) groups excluding carboxylic acids is 1.